The van der Waals surface area contributed by atoms with Crippen LogP contribution in [0.4, 0.5) is 8.78 Å². The van der Waals surface area contributed by atoms with E-state index in [0.29, 0.717) is 5.69 Å². The molecule has 0 aliphatic rings. The molecule has 0 fully saturated rings. The second-order valence-electron chi connectivity index (χ2n) is 5.48. The molecular formula is C18H15F2N3O2. The normalized spacial score (nSPS) is 10.7. The van der Waals surface area contributed by atoms with Crippen molar-refractivity contribution in [1.82, 2.24) is 15.0 Å². The summed E-state index contributed by atoms with van der Waals surface area (Å²) in [7, 11) is 0. The van der Waals surface area contributed by atoms with Crippen LogP contribution in [0.15, 0.2) is 48.5 Å². The van der Waals surface area contributed by atoms with Gasteiger partial charge in [0.2, 0.25) is 0 Å². The molecule has 0 bridgehead atoms. The van der Waals surface area contributed by atoms with E-state index in [2.05, 4.69) is 10.3 Å². The van der Waals surface area contributed by atoms with Gasteiger partial charge in [-0.1, -0.05) is 35.5 Å². The van der Waals surface area contributed by atoms with E-state index in [-0.39, 0.29) is 24.4 Å². The van der Waals surface area contributed by atoms with Crippen LogP contribution in [0.1, 0.15) is 27.3 Å². The second-order valence-corrected chi connectivity index (χ2v) is 5.48. The van der Waals surface area contributed by atoms with Crippen LogP contribution in [0.2, 0.25) is 0 Å². The molecule has 0 unspecified atom stereocenters. The Morgan fingerprint density at radius 2 is 1.92 bits per heavy atom. The molecule has 0 N–H and O–H groups in total. The molecule has 2 aromatic carbocycles. The highest BCUT2D eigenvalue weighted by Gasteiger charge is 2.19. The minimum Gasteiger partial charge on any atom is -0.456 e. The Labute approximate surface area is 142 Å². The lowest BCUT2D eigenvalue weighted by Crippen LogP contribution is -2.10. The minimum absolute atomic E-state index is 0.0333. The summed E-state index contributed by atoms with van der Waals surface area (Å²) in [5, 5.41) is 7.63. The number of halogens is 2. The summed E-state index contributed by atoms with van der Waals surface area (Å²) in [5.74, 6) is -1.71. The quantitative estimate of drug-likeness (QED) is 0.667. The number of rotatable bonds is 5. The van der Waals surface area contributed by atoms with Crippen molar-refractivity contribution in [3.05, 3.63) is 82.7 Å². The average Bonchev–Trinajstić information content (AvgIpc) is 2.98. The number of esters is 1. The van der Waals surface area contributed by atoms with Crippen molar-refractivity contribution < 1.29 is 18.3 Å². The van der Waals surface area contributed by atoms with Gasteiger partial charge in [0.05, 0.1) is 12.2 Å². The van der Waals surface area contributed by atoms with Crippen molar-refractivity contribution in [3.63, 3.8) is 0 Å². The first-order valence-electron chi connectivity index (χ1n) is 7.59. The van der Waals surface area contributed by atoms with Gasteiger partial charge in [0.15, 0.2) is 5.69 Å². The summed E-state index contributed by atoms with van der Waals surface area (Å²) < 4.78 is 33.5. The zero-order valence-electron chi connectivity index (χ0n) is 13.4. The third-order valence-corrected chi connectivity index (χ3v) is 3.72. The number of ether oxygens (including phenoxy) is 1. The maximum atomic E-state index is 13.7. The maximum absolute atomic E-state index is 13.7. The predicted molar refractivity (Wildman–Crippen MR) is 85.8 cm³/mol. The number of nitrogens with zero attached hydrogens (tertiary/aromatic N) is 3. The van der Waals surface area contributed by atoms with Gasteiger partial charge in [-0.15, -0.1) is 5.10 Å². The monoisotopic (exact) mass is 343 g/mol. The highest BCUT2D eigenvalue weighted by Crippen LogP contribution is 2.14. The van der Waals surface area contributed by atoms with Crippen molar-refractivity contribution in [2.75, 3.05) is 0 Å². The molecule has 3 rings (SSSR count). The third-order valence-electron chi connectivity index (χ3n) is 3.72. The summed E-state index contributed by atoms with van der Waals surface area (Å²) in [6, 6.07) is 12.4. The molecule has 0 atom stereocenters. The van der Waals surface area contributed by atoms with Crippen molar-refractivity contribution in [2.24, 2.45) is 0 Å². The molecule has 0 spiro atoms. The van der Waals surface area contributed by atoms with Gasteiger partial charge in [-0.25, -0.2) is 18.3 Å². The Morgan fingerprint density at radius 3 is 2.68 bits per heavy atom. The molecule has 7 heteroatoms. The van der Waals surface area contributed by atoms with Crippen molar-refractivity contribution in [3.8, 4) is 0 Å². The molecule has 0 radical (unpaired) electrons. The van der Waals surface area contributed by atoms with Gasteiger partial charge in [0.1, 0.15) is 18.2 Å². The summed E-state index contributed by atoms with van der Waals surface area (Å²) in [4.78, 5) is 12.2. The van der Waals surface area contributed by atoms with Crippen LogP contribution >= 0.6 is 0 Å². The van der Waals surface area contributed by atoms with E-state index in [0.717, 1.165) is 23.8 Å². The first kappa shape index (κ1) is 16.8. The fourth-order valence-electron chi connectivity index (χ4n) is 2.32. The predicted octanol–water partition coefficient (Wildman–Crippen LogP) is 3.27. The lowest BCUT2D eigenvalue weighted by Gasteiger charge is -2.06. The average molecular weight is 343 g/mol. The fraction of sp³-hybridized carbons (Fsp3) is 0.167. The van der Waals surface area contributed by atoms with Gasteiger partial charge in [0.25, 0.3) is 0 Å². The smallest absolute Gasteiger partial charge is 0.361 e. The van der Waals surface area contributed by atoms with Gasteiger partial charge in [-0.3, -0.25) is 0 Å². The van der Waals surface area contributed by atoms with E-state index in [1.807, 2.05) is 30.3 Å². The Hall–Kier alpha value is -3.09. The lowest BCUT2D eigenvalue weighted by molar-refractivity contribution is 0.0464. The first-order chi connectivity index (χ1) is 12.0. The van der Waals surface area contributed by atoms with Gasteiger partial charge in [0, 0.05) is 5.56 Å². The summed E-state index contributed by atoms with van der Waals surface area (Å²) in [6.07, 6.45) is 0. The van der Waals surface area contributed by atoms with Gasteiger partial charge in [-0.2, -0.15) is 0 Å². The highest BCUT2D eigenvalue weighted by molar-refractivity contribution is 5.88. The molecule has 0 saturated carbocycles. The van der Waals surface area contributed by atoms with Crippen LogP contribution in [0.5, 0.6) is 0 Å². The molecule has 0 aliphatic heterocycles. The Kier molecular flexibility index (Phi) is 4.83. The Balaban J connectivity index is 1.72. The molecule has 0 saturated heterocycles. The van der Waals surface area contributed by atoms with Crippen LogP contribution in [-0.2, 0) is 17.9 Å². The van der Waals surface area contributed by atoms with Crippen LogP contribution in [0, 0.1) is 18.6 Å². The molecule has 0 aliphatic carbocycles. The van der Waals surface area contributed by atoms with Crippen LogP contribution in [-0.4, -0.2) is 21.0 Å². The molecular weight excluding hydrogens is 328 g/mol. The van der Waals surface area contributed by atoms with Gasteiger partial charge >= 0.3 is 5.97 Å². The minimum atomic E-state index is -0.618. The molecule has 3 aromatic rings. The third kappa shape index (κ3) is 3.88. The molecule has 128 valence electrons. The molecule has 0 amide bonds. The summed E-state index contributed by atoms with van der Waals surface area (Å²) >= 11 is 0. The van der Waals surface area contributed by atoms with Crippen molar-refractivity contribution in [2.45, 2.75) is 20.1 Å². The van der Waals surface area contributed by atoms with E-state index < -0.39 is 17.6 Å². The number of hydrogen-bond acceptors (Lipinski definition) is 4. The summed E-state index contributed by atoms with van der Waals surface area (Å²) in [5.41, 5.74) is 1.44. The Morgan fingerprint density at radius 1 is 1.16 bits per heavy atom. The Bertz CT molecular complexity index is 895. The summed E-state index contributed by atoms with van der Waals surface area (Å²) in [6.45, 7) is 1.70. The second kappa shape index (κ2) is 7.21. The number of benzene rings is 2. The molecule has 25 heavy (non-hydrogen) atoms. The first-order valence-corrected chi connectivity index (χ1v) is 7.59. The standard InChI is InChI=1S/C18H15F2N3O2/c1-12-17(18(24)25-11-13-5-3-2-4-6-13)21-22-23(12)10-14-9-15(19)7-8-16(14)20/h2-9H,10-11H2,1H3. The largest absolute Gasteiger partial charge is 0.456 e. The molecule has 1 heterocycles. The SMILES string of the molecule is Cc1c(C(=O)OCc2ccccc2)nnn1Cc1cc(F)ccc1F. The lowest BCUT2D eigenvalue weighted by atomic mass is 10.2. The van der Waals surface area contributed by atoms with Gasteiger partial charge in [-0.05, 0) is 30.7 Å². The number of carbonyl (C=O) groups is 1. The highest BCUT2D eigenvalue weighted by atomic mass is 19.1. The van der Waals surface area contributed by atoms with Crippen LogP contribution in [0.3, 0.4) is 0 Å². The fourth-order valence-corrected chi connectivity index (χ4v) is 2.32. The van der Waals surface area contributed by atoms with E-state index in [9.17, 15) is 13.6 Å². The van der Waals surface area contributed by atoms with E-state index >= 15 is 0 Å². The van der Waals surface area contributed by atoms with E-state index in [1.54, 1.807) is 6.92 Å². The van der Waals surface area contributed by atoms with Crippen molar-refractivity contribution >= 4 is 5.97 Å². The number of carbonyl (C=O) groups excluding carboxylic acids is 1. The topological polar surface area (TPSA) is 57.0 Å². The zero-order chi connectivity index (χ0) is 17.8. The maximum Gasteiger partial charge on any atom is 0.361 e. The van der Waals surface area contributed by atoms with Crippen molar-refractivity contribution in [1.29, 1.82) is 0 Å². The molecule has 1 aromatic heterocycles. The zero-order valence-corrected chi connectivity index (χ0v) is 13.4. The van der Waals surface area contributed by atoms with Gasteiger partial charge < -0.3 is 4.74 Å². The number of aromatic nitrogens is 3. The molecule has 5 nitrogen and oxygen atoms in total. The van der Waals surface area contributed by atoms with E-state index in [1.165, 1.54) is 4.68 Å². The van der Waals surface area contributed by atoms with E-state index in [4.69, 9.17) is 4.74 Å². The van der Waals surface area contributed by atoms with Crippen LogP contribution < -0.4 is 0 Å². The van der Waals surface area contributed by atoms with Crippen LogP contribution in [0.25, 0.3) is 0 Å². The number of hydrogen-bond donors (Lipinski definition) is 0.